The Labute approximate surface area is 137 Å². The van der Waals surface area contributed by atoms with Gasteiger partial charge in [0.25, 0.3) is 5.91 Å². The molecule has 0 aliphatic heterocycles. The maximum atomic E-state index is 12.3. The Kier molecular flexibility index (Phi) is 4.99. The van der Waals surface area contributed by atoms with Gasteiger partial charge >= 0.3 is 5.97 Å². The van der Waals surface area contributed by atoms with Crippen molar-refractivity contribution in [3.63, 3.8) is 0 Å². The van der Waals surface area contributed by atoms with Crippen LogP contribution in [0.5, 0.6) is 0 Å². The van der Waals surface area contributed by atoms with Crippen molar-refractivity contribution >= 4 is 11.9 Å². The molecule has 1 aromatic carbocycles. The molecule has 1 saturated carbocycles. The number of benzene rings is 1. The van der Waals surface area contributed by atoms with Gasteiger partial charge in [-0.1, -0.05) is 18.9 Å². The topological polar surface area (TPSA) is 55.4 Å². The first-order valence-corrected chi connectivity index (χ1v) is 8.76. The maximum Gasteiger partial charge on any atom is 0.338 e. The molecular formula is C19H25NO3. The summed E-state index contributed by atoms with van der Waals surface area (Å²) >= 11 is 0. The second kappa shape index (κ2) is 7.16. The largest absolute Gasteiger partial charge is 0.449 e. The van der Waals surface area contributed by atoms with Crippen LogP contribution in [0.1, 0.15) is 66.9 Å². The van der Waals surface area contributed by atoms with E-state index in [1.807, 2.05) is 18.2 Å². The standard InChI is InChI=1S/C19H25NO3/c1-13(18(21)20-17-8-4-5-9-17)23-19(22)16-11-10-14-6-2-3-7-15(14)12-16/h10-13,17H,2-9H2,1H3,(H,20,21)/t13-/m1/s1. The molecule has 4 nitrogen and oxygen atoms in total. The fourth-order valence-electron chi connectivity index (χ4n) is 3.53. The summed E-state index contributed by atoms with van der Waals surface area (Å²) in [6.45, 7) is 1.64. The average molecular weight is 315 g/mol. The highest BCUT2D eigenvalue weighted by Crippen LogP contribution is 2.23. The summed E-state index contributed by atoms with van der Waals surface area (Å²) in [5.41, 5.74) is 3.12. The molecule has 2 aliphatic carbocycles. The summed E-state index contributed by atoms with van der Waals surface area (Å²) in [5, 5.41) is 2.97. The Morgan fingerprint density at radius 3 is 2.52 bits per heavy atom. The molecule has 2 aliphatic rings. The van der Waals surface area contributed by atoms with Gasteiger partial charge in [-0.2, -0.15) is 0 Å². The zero-order valence-electron chi connectivity index (χ0n) is 13.8. The van der Waals surface area contributed by atoms with Crippen LogP contribution in [-0.2, 0) is 22.4 Å². The highest BCUT2D eigenvalue weighted by atomic mass is 16.5. The lowest BCUT2D eigenvalue weighted by Gasteiger charge is -2.18. The van der Waals surface area contributed by atoms with Crippen LogP contribution >= 0.6 is 0 Å². The minimum absolute atomic E-state index is 0.191. The number of esters is 1. The minimum atomic E-state index is -0.751. The molecule has 4 heteroatoms. The van der Waals surface area contributed by atoms with E-state index in [9.17, 15) is 9.59 Å². The Hall–Kier alpha value is -1.84. The van der Waals surface area contributed by atoms with Crippen LogP contribution in [0.4, 0.5) is 0 Å². The normalized spacial score (nSPS) is 19.0. The van der Waals surface area contributed by atoms with E-state index in [1.165, 1.54) is 24.0 Å². The van der Waals surface area contributed by atoms with Crippen molar-refractivity contribution in [2.24, 2.45) is 0 Å². The molecule has 0 aromatic heterocycles. The fraction of sp³-hybridized carbons (Fsp3) is 0.579. The first kappa shape index (κ1) is 16.0. The van der Waals surface area contributed by atoms with Gasteiger partial charge in [-0.3, -0.25) is 4.79 Å². The Balaban J connectivity index is 1.58. The van der Waals surface area contributed by atoms with Crippen LogP contribution in [0.2, 0.25) is 0 Å². The molecule has 1 atom stereocenters. The van der Waals surface area contributed by atoms with Crippen molar-refractivity contribution in [1.82, 2.24) is 5.32 Å². The van der Waals surface area contributed by atoms with Gasteiger partial charge in [0.15, 0.2) is 6.10 Å². The Morgan fingerprint density at radius 1 is 1.09 bits per heavy atom. The van der Waals surface area contributed by atoms with Crippen molar-refractivity contribution in [1.29, 1.82) is 0 Å². The number of aryl methyl sites for hydroxylation is 2. The molecule has 1 fully saturated rings. The fourth-order valence-corrected chi connectivity index (χ4v) is 3.53. The maximum absolute atomic E-state index is 12.3. The van der Waals surface area contributed by atoms with Crippen LogP contribution in [0, 0.1) is 0 Å². The van der Waals surface area contributed by atoms with E-state index in [-0.39, 0.29) is 11.9 Å². The summed E-state index contributed by atoms with van der Waals surface area (Å²) in [4.78, 5) is 24.4. The van der Waals surface area contributed by atoms with E-state index in [0.29, 0.717) is 5.56 Å². The van der Waals surface area contributed by atoms with Gasteiger partial charge in [0, 0.05) is 6.04 Å². The van der Waals surface area contributed by atoms with Crippen molar-refractivity contribution in [3.8, 4) is 0 Å². The van der Waals surface area contributed by atoms with E-state index in [4.69, 9.17) is 4.74 Å². The quantitative estimate of drug-likeness (QED) is 0.868. The molecule has 3 rings (SSSR count). The SMILES string of the molecule is C[C@@H](OC(=O)c1ccc2c(c1)CCCC2)C(=O)NC1CCCC1. The third-order valence-electron chi connectivity index (χ3n) is 4.94. The van der Waals surface area contributed by atoms with Crippen molar-refractivity contribution in [3.05, 3.63) is 34.9 Å². The monoisotopic (exact) mass is 315 g/mol. The number of fused-ring (bicyclic) bond motifs is 1. The van der Waals surface area contributed by atoms with Gasteiger partial charge in [0.1, 0.15) is 0 Å². The van der Waals surface area contributed by atoms with Crippen molar-refractivity contribution in [2.75, 3.05) is 0 Å². The molecule has 23 heavy (non-hydrogen) atoms. The van der Waals surface area contributed by atoms with Crippen LogP contribution in [0.15, 0.2) is 18.2 Å². The molecule has 0 bridgehead atoms. The van der Waals surface area contributed by atoms with E-state index < -0.39 is 12.1 Å². The van der Waals surface area contributed by atoms with Gasteiger partial charge < -0.3 is 10.1 Å². The second-order valence-electron chi connectivity index (χ2n) is 6.73. The van der Waals surface area contributed by atoms with E-state index in [0.717, 1.165) is 38.5 Å². The van der Waals surface area contributed by atoms with Gasteiger partial charge in [-0.15, -0.1) is 0 Å². The highest BCUT2D eigenvalue weighted by molar-refractivity contribution is 5.92. The van der Waals surface area contributed by atoms with Crippen LogP contribution in [0.3, 0.4) is 0 Å². The molecule has 0 saturated heterocycles. The summed E-state index contributed by atoms with van der Waals surface area (Å²) in [6.07, 6.45) is 8.12. The van der Waals surface area contributed by atoms with Gasteiger partial charge in [-0.25, -0.2) is 4.79 Å². The molecule has 0 radical (unpaired) electrons. The number of hydrogen-bond acceptors (Lipinski definition) is 3. The molecule has 0 unspecified atom stereocenters. The first-order valence-electron chi connectivity index (χ1n) is 8.76. The van der Waals surface area contributed by atoms with Gasteiger partial charge in [0.05, 0.1) is 5.56 Å². The summed E-state index contributed by atoms with van der Waals surface area (Å²) < 4.78 is 5.35. The average Bonchev–Trinajstić information content (AvgIpc) is 3.07. The number of hydrogen-bond donors (Lipinski definition) is 1. The zero-order valence-corrected chi connectivity index (χ0v) is 13.8. The van der Waals surface area contributed by atoms with Crippen molar-refractivity contribution < 1.29 is 14.3 Å². The summed E-state index contributed by atoms with van der Waals surface area (Å²) in [6, 6.07) is 6.01. The summed E-state index contributed by atoms with van der Waals surface area (Å²) in [5.74, 6) is -0.601. The van der Waals surface area contributed by atoms with Crippen LogP contribution in [0.25, 0.3) is 0 Å². The van der Waals surface area contributed by atoms with Gasteiger partial charge in [-0.05, 0) is 68.7 Å². The number of ether oxygens (including phenoxy) is 1. The van der Waals surface area contributed by atoms with Crippen LogP contribution < -0.4 is 5.32 Å². The number of amides is 1. The number of carbonyl (C=O) groups is 2. The van der Waals surface area contributed by atoms with Crippen LogP contribution in [-0.4, -0.2) is 24.0 Å². The first-order chi connectivity index (χ1) is 11.1. The molecule has 1 N–H and O–H groups in total. The predicted molar refractivity (Wildman–Crippen MR) is 88.4 cm³/mol. The van der Waals surface area contributed by atoms with E-state index >= 15 is 0 Å². The predicted octanol–water partition coefficient (Wildman–Crippen LogP) is 3.17. The lowest BCUT2D eigenvalue weighted by atomic mass is 9.90. The summed E-state index contributed by atoms with van der Waals surface area (Å²) in [7, 11) is 0. The third kappa shape index (κ3) is 3.92. The molecule has 1 amide bonds. The molecule has 1 aromatic rings. The molecule has 124 valence electrons. The molecular weight excluding hydrogens is 290 g/mol. The lowest BCUT2D eigenvalue weighted by molar-refractivity contribution is -0.129. The number of nitrogens with one attached hydrogen (secondary N) is 1. The third-order valence-corrected chi connectivity index (χ3v) is 4.94. The minimum Gasteiger partial charge on any atom is -0.449 e. The lowest BCUT2D eigenvalue weighted by Crippen LogP contribution is -2.40. The van der Waals surface area contributed by atoms with Gasteiger partial charge in [0.2, 0.25) is 0 Å². The molecule has 0 spiro atoms. The van der Waals surface area contributed by atoms with Crippen molar-refractivity contribution in [2.45, 2.75) is 70.4 Å². The Bertz CT molecular complexity index is 590. The van der Waals surface area contributed by atoms with E-state index in [2.05, 4.69) is 5.32 Å². The number of carbonyl (C=O) groups excluding carboxylic acids is 2. The zero-order chi connectivity index (χ0) is 16.2. The smallest absolute Gasteiger partial charge is 0.338 e. The molecule has 0 heterocycles. The Morgan fingerprint density at radius 2 is 1.78 bits per heavy atom. The highest BCUT2D eigenvalue weighted by Gasteiger charge is 2.24. The van der Waals surface area contributed by atoms with E-state index in [1.54, 1.807) is 6.92 Å². The second-order valence-corrected chi connectivity index (χ2v) is 6.73. The number of rotatable bonds is 4.